The zero-order chi connectivity index (χ0) is 17.9. The molecule has 1 saturated heterocycles. The molecule has 1 N–H and O–H groups in total. The minimum absolute atomic E-state index is 0.0669. The maximum absolute atomic E-state index is 12.6. The molecule has 0 atom stereocenters. The number of hydrogen-bond donors (Lipinski definition) is 1. The number of likely N-dealkylation sites (tertiary alicyclic amines) is 1. The Bertz CT molecular complexity index is 641. The van der Waals surface area contributed by atoms with Crippen molar-refractivity contribution in [3.05, 3.63) is 42.0 Å². The van der Waals surface area contributed by atoms with Crippen LogP contribution < -0.4 is 5.32 Å². The molecule has 1 aromatic rings. The van der Waals surface area contributed by atoms with E-state index in [1.165, 1.54) is 0 Å². The Balaban J connectivity index is 2.03. The van der Waals surface area contributed by atoms with Gasteiger partial charge in [0.05, 0.1) is 5.54 Å². The molecule has 0 radical (unpaired) electrons. The summed E-state index contributed by atoms with van der Waals surface area (Å²) in [7, 11) is 0. The van der Waals surface area contributed by atoms with Gasteiger partial charge in [0.25, 0.3) is 0 Å². The van der Waals surface area contributed by atoms with Gasteiger partial charge in [-0.15, -0.1) is 0 Å². The lowest BCUT2D eigenvalue weighted by Gasteiger charge is -2.35. The summed E-state index contributed by atoms with van der Waals surface area (Å²) in [6, 6.07) is 8.05. The van der Waals surface area contributed by atoms with Crippen molar-refractivity contribution in [3.63, 3.8) is 0 Å². The topological polar surface area (TPSA) is 49.4 Å². The second kappa shape index (κ2) is 7.20. The summed E-state index contributed by atoms with van der Waals surface area (Å²) in [5.41, 5.74) is 2.66. The van der Waals surface area contributed by atoms with E-state index in [0.29, 0.717) is 13.1 Å². The van der Waals surface area contributed by atoms with Crippen LogP contribution in [-0.2, 0) is 10.3 Å². The van der Waals surface area contributed by atoms with Crippen LogP contribution in [0.5, 0.6) is 0 Å². The van der Waals surface area contributed by atoms with Gasteiger partial charge in [0.2, 0.25) is 0 Å². The molecule has 4 heteroatoms. The molecule has 4 nitrogen and oxygen atoms in total. The van der Waals surface area contributed by atoms with Crippen molar-refractivity contribution in [1.29, 1.82) is 0 Å². The minimum Gasteiger partial charge on any atom is -0.329 e. The molecule has 0 saturated carbocycles. The van der Waals surface area contributed by atoms with Crippen LogP contribution in [0.25, 0.3) is 5.57 Å². The summed E-state index contributed by atoms with van der Waals surface area (Å²) < 4.78 is 0. The highest BCUT2D eigenvalue weighted by molar-refractivity contribution is 5.79. The number of Topliss-reactive ketones (excluding diaryl/α,β-unsaturated/α-hetero) is 1. The molecule has 1 aliphatic rings. The fourth-order valence-electron chi connectivity index (χ4n) is 3.08. The minimum atomic E-state index is -0.472. The monoisotopic (exact) mass is 328 g/mol. The van der Waals surface area contributed by atoms with E-state index in [0.717, 1.165) is 29.5 Å². The predicted octanol–water partition coefficient (Wildman–Crippen LogP) is 3.97. The van der Waals surface area contributed by atoms with Gasteiger partial charge < -0.3 is 10.2 Å². The fraction of sp³-hybridized carbons (Fsp3) is 0.500. The number of rotatable bonds is 4. The van der Waals surface area contributed by atoms with Crippen molar-refractivity contribution in [2.75, 3.05) is 13.1 Å². The molecule has 1 aliphatic heterocycles. The molecule has 24 heavy (non-hydrogen) atoms. The zero-order valence-electron chi connectivity index (χ0n) is 15.2. The average molecular weight is 328 g/mol. The first-order chi connectivity index (χ1) is 11.2. The van der Waals surface area contributed by atoms with Gasteiger partial charge in [-0.1, -0.05) is 30.4 Å². The molecule has 0 unspecified atom stereocenters. The number of ketones is 1. The standard InChI is InChI=1S/C20H28N2O2/c1-14(2)17-7-6-8-18(13-17)20(4,5)21-19(24)22-11-9-16(10-12-22)15(3)23/h6-8,13,16H,1,9-12H2,2-5H3,(H,21,24). The van der Waals surface area contributed by atoms with Gasteiger partial charge in [0.1, 0.15) is 5.78 Å². The lowest BCUT2D eigenvalue weighted by atomic mass is 9.91. The summed E-state index contributed by atoms with van der Waals surface area (Å²) >= 11 is 0. The maximum Gasteiger partial charge on any atom is 0.318 e. The van der Waals surface area contributed by atoms with Crippen molar-refractivity contribution in [1.82, 2.24) is 10.2 Å². The smallest absolute Gasteiger partial charge is 0.318 e. The van der Waals surface area contributed by atoms with Gasteiger partial charge in [-0.05, 0) is 57.7 Å². The van der Waals surface area contributed by atoms with Crippen LogP contribution in [0.1, 0.15) is 51.7 Å². The van der Waals surface area contributed by atoms with Gasteiger partial charge >= 0.3 is 6.03 Å². The molecule has 0 aliphatic carbocycles. The Morgan fingerprint density at radius 1 is 1.21 bits per heavy atom. The van der Waals surface area contributed by atoms with Crippen LogP contribution in [0.15, 0.2) is 30.8 Å². The van der Waals surface area contributed by atoms with E-state index in [-0.39, 0.29) is 17.7 Å². The van der Waals surface area contributed by atoms with Crippen LogP contribution in [0.4, 0.5) is 4.79 Å². The predicted molar refractivity (Wildman–Crippen MR) is 97.7 cm³/mol. The molecule has 1 heterocycles. The third-order valence-electron chi connectivity index (χ3n) is 4.85. The Labute approximate surface area is 144 Å². The second-order valence-electron chi connectivity index (χ2n) is 7.29. The zero-order valence-corrected chi connectivity index (χ0v) is 15.2. The van der Waals surface area contributed by atoms with Crippen molar-refractivity contribution in [3.8, 4) is 0 Å². The summed E-state index contributed by atoms with van der Waals surface area (Å²) in [4.78, 5) is 25.9. The third kappa shape index (κ3) is 4.25. The van der Waals surface area contributed by atoms with Crippen LogP contribution in [0, 0.1) is 5.92 Å². The van der Waals surface area contributed by atoms with Crippen molar-refractivity contribution < 1.29 is 9.59 Å². The van der Waals surface area contributed by atoms with Crippen molar-refractivity contribution in [2.45, 2.75) is 46.1 Å². The molecular weight excluding hydrogens is 300 g/mol. The van der Waals surface area contributed by atoms with Gasteiger partial charge in [-0.25, -0.2) is 4.79 Å². The van der Waals surface area contributed by atoms with Crippen molar-refractivity contribution in [2.24, 2.45) is 5.92 Å². The molecule has 0 aromatic heterocycles. The highest BCUT2D eigenvalue weighted by Gasteiger charge is 2.29. The van der Waals surface area contributed by atoms with E-state index >= 15 is 0 Å². The van der Waals surface area contributed by atoms with Gasteiger partial charge in [-0.3, -0.25) is 4.79 Å². The number of hydrogen-bond acceptors (Lipinski definition) is 2. The van der Waals surface area contributed by atoms with E-state index in [1.807, 2.05) is 43.9 Å². The quantitative estimate of drug-likeness (QED) is 0.909. The normalized spacial score (nSPS) is 15.9. The number of allylic oxidation sites excluding steroid dienone is 1. The number of urea groups is 1. The van der Waals surface area contributed by atoms with Gasteiger partial charge in [0.15, 0.2) is 0 Å². The SMILES string of the molecule is C=C(C)c1cccc(C(C)(C)NC(=O)N2CCC(C(C)=O)CC2)c1. The number of carbonyl (C=O) groups is 2. The Kier molecular flexibility index (Phi) is 5.47. The number of benzene rings is 1. The lowest BCUT2D eigenvalue weighted by Crippen LogP contribution is -2.51. The largest absolute Gasteiger partial charge is 0.329 e. The van der Waals surface area contributed by atoms with E-state index in [9.17, 15) is 9.59 Å². The average Bonchev–Trinajstić information content (AvgIpc) is 2.54. The molecule has 0 spiro atoms. The van der Waals surface area contributed by atoms with E-state index in [2.05, 4.69) is 18.0 Å². The first kappa shape index (κ1) is 18.2. The first-order valence-corrected chi connectivity index (χ1v) is 8.54. The molecule has 2 rings (SSSR count). The maximum atomic E-state index is 12.6. The van der Waals surface area contributed by atoms with E-state index < -0.39 is 5.54 Å². The number of carbonyl (C=O) groups excluding carboxylic acids is 2. The van der Waals surface area contributed by atoms with Crippen molar-refractivity contribution >= 4 is 17.4 Å². The number of piperidine rings is 1. The molecule has 2 amide bonds. The Hall–Kier alpha value is -2.10. The van der Waals surface area contributed by atoms with Crippen LogP contribution >= 0.6 is 0 Å². The van der Waals surface area contributed by atoms with Crippen LogP contribution in [0.2, 0.25) is 0 Å². The van der Waals surface area contributed by atoms with Crippen LogP contribution in [0.3, 0.4) is 0 Å². The summed E-state index contributed by atoms with van der Waals surface area (Å²) in [6.45, 7) is 12.9. The lowest BCUT2D eigenvalue weighted by molar-refractivity contribution is -0.121. The Morgan fingerprint density at radius 2 is 1.83 bits per heavy atom. The summed E-state index contributed by atoms with van der Waals surface area (Å²) in [5.74, 6) is 0.335. The van der Waals surface area contributed by atoms with Crippen LogP contribution in [-0.4, -0.2) is 29.8 Å². The summed E-state index contributed by atoms with van der Waals surface area (Å²) in [5, 5.41) is 3.12. The molecule has 1 fully saturated rings. The molecular formula is C20H28N2O2. The molecule has 0 bridgehead atoms. The first-order valence-electron chi connectivity index (χ1n) is 8.54. The van der Waals surface area contributed by atoms with Gasteiger partial charge in [0, 0.05) is 19.0 Å². The fourth-order valence-corrected chi connectivity index (χ4v) is 3.08. The van der Waals surface area contributed by atoms with E-state index in [1.54, 1.807) is 6.92 Å². The Morgan fingerprint density at radius 3 is 2.38 bits per heavy atom. The number of nitrogens with one attached hydrogen (secondary N) is 1. The highest BCUT2D eigenvalue weighted by atomic mass is 16.2. The third-order valence-corrected chi connectivity index (χ3v) is 4.85. The summed E-state index contributed by atoms with van der Waals surface area (Å²) in [6.07, 6.45) is 1.52. The molecule has 1 aromatic carbocycles. The number of amides is 2. The second-order valence-corrected chi connectivity index (χ2v) is 7.29. The van der Waals surface area contributed by atoms with Gasteiger partial charge in [-0.2, -0.15) is 0 Å². The highest BCUT2D eigenvalue weighted by Crippen LogP contribution is 2.25. The molecule has 130 valence electrons. The van der Waals surface area contributed by atoms with E-state index in [4.69, 9.17) is 0 Å². The number of nitrogens with zero attached hydrogens (tertiary/aromatic N) is 1.